The molecule has 1 heterocycles. The van der Waals surface area contributed by atoms with Gasteiger partial charge in [-0.05, 0) is 25.7 Å². The van der Waals surface area contributed by atoms with E-state index in [1.807, 2.05) is 4.90 Å². The van der Waals surface area contributed by atoms with E-state index in [4.69, 9.17) is 0 Å². The van der Waals surface area contributed by atoms with Crippen molar-refractivity contribution in [2.45, 2.75) is 38.1 Å². The first-order chi connectivity index (χ1) is 7.75. The summed E-state index contributed by atoms with van der Waals surface area (Å²) in [5.74, 6) is 0.252. The summed E-state index contributed by atoms with van der Waals surface area (Å²) in [6.07, 6.45) is 4.72. The Morgan fingerprint density at radius 3 is 2.88 bits per heavy atom. The zero-order valence-electron chi connectivity index (χ0n) is 9.50. The molecule has 3 amide bonds. The first-order valence-electron chi connectivity index (χ1n) is 6.08. The maximum absolute atomic E-state index is 11.3. The molecule has 1 saturated carbocycles. The highest BCUT2D eigenvalue weighted by molar-refractivity contribution is 5.78. The number of urea groups is 1. The summed E-state index contributed by atoms with van der Waals surface area (Å²) in [5, 5.41) is 5.67. The van der Waals surface area contributed by atoms with Crippen molar-refractivity contribution in [2.75, 3.05) is 19.6 Å². The van der Waals surface area contributed by atoms with Gasteiger partial charge >= 0.3 is 6.03 Å². The fourth-order valence-corrected chi connectivity index (χ4v) is 1.88. The van der Waals surface area contributed by atoms with Crippen LogP contribution >= 0.6 is 0 Å². The highest BCUT2D eigenvalue weighted by Crippen LogP contribution is 2.18. The first-order valence-corrected chi connectivity index (χ1v) is 6.08. The number of carbonyl (C=O) groups excluding carboxylic acids is 2. The Kier molecular flexibility index (Phi) is 3.64. The number of nitrogens with one attached hydrogen (secondary N) is 2. The minimum Gasteiger partial charge on any atom is -0.343 e. The minimum atomic E-state index is -0.0738. The largest absolute Gasteiger partial charge is 0.343 e. The molecule has 1 aliphatic carbocycles. The summed E-state index contributed by atoms with van der Waals surface area (Å²) in [7, 11) is 0. The van der Waals surface area contributed by atoms with Gasteiger partial charge in [0.2, 0.25) is 5.91 Å². The van der Waals surface area contributed by atoms with Gasteiger partial charge < -0.3 is 15.5 Å². The van der Waals surface area contributed by atoms with Crippen LogP contribution in [0.5, 0.6) is 0 Å². The van der Waals surface area contributed by atoms with E-state index >= 15 is 0 Å². The minimum absolute atomic E-state index is 0.0738. The van der Waals surface area contributed by atoms with Gasteiger partial charge in [0.05, 0.1) is 0 Å². The number of hydrogen-bond donors (Lipinski definition) is 2. The third-order valence-electron chi connectivity index (χ3n) is 2.97. The van der Waals surface area contributed by atoms with Gasteiger partial charge in [0.15, 0.2) is 0 Å². The summed E-state index contributed by atoms with van der Waals surface area (Å²) >= 11 is 0. The van der Waals surface area contributed by atoms with Crippen LogP contribution in [0.25, 0.3) is 0 Å². The van der Waals surface area contributed by atoms with E-state index in [1.165, 1.54) is 0 Å². The van der Waals surface area contributed by atoms with E-state index in [9.17, 15) is 9.59 Å². The molecule has 16 heavy (non-hydrogen) atoms. The number of amides is 3. The molecule has 2 fully saturated rings. The van der Waals surface area contributed by atoms with Crippen molar-refractivity contribution in [3.8, 4) is 0 Å². The molecular formula is C11H19N3O2. The first kappa shape index (κ1) is 11.2. The number of likely N-dealkylation sites (tertiary alicyclic amines) is 1. The standard InChI is InChI=1S/C11H19N3O2/c15-10-3-1-7-14(10)8-2-6-12-11(16)13-9-4-5-9/h9H,1-8H2,(H2,12,13,16). The summed E-state index contributed by atoms with van der Waals surface area (Å²) in [5.41, 5.74) is 0. The number of nitrogens with zero attached hydrogens (tertiary/aromatic N) is 1. The Morgan fingerprint density at radius 2 is 2.25 bits per heavy atom. The van der Waals surface area contributed by atoms with Crippen molar-refractivity contribution < 1.29 is 9.59 Å². The van der Waals surface area contributed by atoms with Crippen molar-refractivity contribution in [1.82, 2.24) is 15.5 Å². The average molecular weight is 225 g/mol. The van der Waals surface area contributed by atoms with Crippen molar-refractivity contribution in [3.63, 3.8) is 0 Å². The van der Waals surface area contributed by atoms with Crippen LogP contribution in [0, 0.1) is 0 Å². The third kappa shape index (κ3) is 3.40. The Bertz CT molecular complexity index is 276. The maximum Gasteiger partial charge on any atom is 0.315 e. The fourth-order valence-electron chi connectivity index (χ4n) is 1.88. The number of rotatable bonds is 5. The van der Waals surface area contributed by atoms with Gasteiger partial charge in [0.1, 0.15) is 0 Å². The summed E-state index contributed by atoms with van der Waals surface area (Å²) in [6.45, 7) is 2.29. The lowest BCUT2D eigenvalue weighted by molar-refractivity contribution is -0.127. The van der Waals surface area contributed by atoms with E-state index in [0.29, 0.717) is 19.0 Å². The molecule has 0 aromatic rings. The number of hydrogen-bond acceptors (Lipinski definition) is 2. The molecule has 1 saturated heterocycles. The van der Waals surface area contributed by atoms with Crippen molar-refractivity contribution in [1.29, 1.82) is 0 Å². The summed E-state index contributed by atoms with van der Waals surface area (Å²) in [6, 6.07) is 0.329. The van der Waals surface area contributed by atoms with Gasteiger partial charge in [-0.2, -0.15) is 0 Å². The smallest absolute Gasteiger partial charge is 0.315 e. The SMILES string of the molecule is O=C(NCCCN1CCCC1=O)NC1CC1. The molecule has 5 heteroatoms. The Balaban J connectivity index is 1.50. The third-order valence-corrected chi connectivity index (χ3v) is 2.97. The monoisotopic (exact) mass is 225 g/mol. The molecule has 2 N–H and O–H groups in total. The molecule has 0 radical (unpaired) electrons. The van der Waals surface area contributed by atoms with Crippen LogP contribution in [-0.4, -0.2) is 42.5 Å². The van der Waals surface area contributed by atoms with Gasteiger partial charge in [-0.3, -0.25) is 4.79 Å². The molecule has 1 aliphatic heterocycles. The molecular weight excluding hydrogens is 206 g/mol. The molecule has 0 aromatic heterocycles. The van der Waals surface area contributed by atoms with Crippen LogP contribution in [0.3, 0.4) is 0 Å². The predicted molar refractivity (Wildman–Crippen MR) is 60.0 cm³/mol. The van der Waals surface area contributed by atoms with Crippen molar-refractivity contribution in [2.24, 2.45) is 0 Å². The summed E-state index contributed by atoms with van der Waals surface area (Å²) < 4.78 is 0. The second-order valence-electron chi connectivity index (χ2n) is 4.51. The second-order valence-corrected chi connectivity index (χ2v) is 4.51. The van der Waals surface area contributed by atoms with Crippen LogP contribution in [-0.2, 0) is 4.79 Å². The van der Waals surface area contributed by atoms with Crippen LogP contribution in [0.1, 0.15) is 32.1 Å². The molecule has 2 rings (SSSR count). The van der Waals surface area contributed by atoms with E-state index in [-0.39, 0.29) is 11.9 Å². The predicted octanol–water partition coefficient (Wildman–Crippen LogP) is 0.460. The molecule has 90 valence electrons. The van der Waals surface area contributed by atoms with E-state index in [1.54, 1.807) is 0 Å². The molecule has 2 aliphatic rings. The highest BCUT2D eigenvalue weighted by atomic mass is 16.2. The van der Waals surface area contributed by atoms with Gasteiger partial charge in [0.25, 0.3) is 0 Å². The molecule has 5 nitrogen and oxygen atoms in total. The van der Waals surface area contributed by atoms with Crippen molar-refractivity contribution in [3.05, 3.63) is 0 Å². The van der Waals surface area contributed by atoms with Crippen LogP contribution in [0.15, 0.2) is 0 Å². The van der Waals surface area contributed by atoms with Gasteiger partial charge in [0, 0.05) is 32.1 Å². The topological polar surface area (TPSA) is 61.4 Å². The molecule has 0 aromatic carbocycles. The van der Waals surface area contributed by atoms with Crippen LogP contribution < -0.4 is 10.6 Å². The number of carbonyl (C=O) groups is 2. The average Bonchev–Trinajstić information content (AvgIpc) is 2.96. The Labute approximate surface area is 95.6 Å². The van der Waals surface area contributed by atoms with Gasteiger partial charge in [-0.1, -0.05) is 0 Å². The van der Waals surface area contributed by atoms with Gasteiger partial charge in [-0.15, -0.1) is 0 Å². The quantitative estimate of drug-likeness (QED) is 0.668. The lowest BCUT2D eigenvalue weighted by atomic mass is 10.4. The Morgan fingerprint density at radius 1 is 1.44 bits per heavy atom. The molecule has 0 atom stereocenters. The highest BCUT2D eigenvalue weighted by Gasteiger charge is 2.23. The van der Waals surface area contributed by atoms with E-state index in [0.717, 1.165) is 38.8 Å². The molecule has 0 spiro atoms. The summed E-state index contributed by atoms with van der Waals surface area (Å²) in [4.78, 5) is 24.4. The zero-order valence-corrected chi connectivity index (χ0v) is 9.50. The second kappa shape index (κ2) is 5.18. The van der Waals surface area contributed by atoms with Gasteiger partial charge in [-0.25, -0.2) is 4.79 Å². The van der Waals surface area contributed by atoms with Crippen molar-refractivity contribution >= 4 is 11.9 Å². The lowest BCUT2D eigenvalue weighted by Crippen LogP contribution is -2.38. The molecule has 0 bridgehead atoms. The van der Waals surface area contributed by atoms with E-state index < -0.39 is 0 Å². The normalized spacial score (nSPS) is 20.0. The van der Waals surface area contributed by atoms with Crippen LogP contribution in [0.4, 0.5) is 4.79 Å². The lowest BCUT2D eigenvalue weighted by Gasteiger charge is -2.15. The Hall–Kier alpha value is -1.26. The zero-order chi connectivity index (χ0) is 11.4. The molecule has 0 unspecified atom stereocenters. The van der Waals surface area contributed by atoms with E-state index in [2.05, 4.69) is 10.6 Å². The maximum atomic E-state index is 11.3. The fraction of sp³-hybridized carbons (Fsp3) is 0.818. The van der Waals surface area contributed by atoms with Crippen LogP contribution in [0.2, 0.25) is 0 Å².